The number of carbonyl (C=O) groups is 3. The van der Waals surface area contributed by atoms with Gasteiger partial charge in [-0.3, -0.25) is 19.3 Å². The van der Waals surface area contributed by atoms with E-state index in [1.807, 2.05) is 54.6 Å². The van der Waals surface area contributed by atoms with E-state index in [0.29, 0.717) is 24.2 Å². The van der Waals surface area contributed by atoms with Crippen LogP contribution in [-0.2, 0) is 33.9 Å². The summed E-state index contributed by atoms with van der Waals surface area (Å²) in [5.74, 6) is -5.70. The van der Waals surface area contributed by atoms with Crippen molar-refractivity contribution < 1.29 is 29.7 Å². The Kier molecular flexibility index (Phi) is 7.77. The lowest BCUT2D eigenvalue weighted by Gasteiger charge is -2.58. The summed E-state index contributed by atoms with van der Waals surface area (Å²) in [5.41, 5.74) is 15.3. The van der Waals surface area contributed by atoms with Gasteiger partial charge in [0.25, 0.3) is 5.91 Å². The maximum absolute atomic E-state index is 14.6. The molecule has 3 aromatic carbocycles. The molecule has 12 heteroatoms. The van der Waals surface area contributed by atoms with E-state index < -0.39 is 69.1 Å². The van der Waals surface area contributed by atoms with Crippen molar-refractivity contribution in [2.45, 2.75) is 43.1 Å². The lowest BCUT2D eigenvalue weighted by Crippen LogP contribution is -2.80. The molecular formula is C36H36N6O6. The number of hydrogen-bond acceptors (Lipinski definition) is 11. The molecule has 0 heterocycles. The minimum absolute atomic E-state index is 0.0585. The van der Waals surface area contributed by atoms with Gasteiger partial charge in [0.05, 0.1) is 34.3 Å². The second kappa shape index (κ2) is 11.4. The van der Waals surface area contributed by atoms with Gasteiger partial charge in [0.2, 0.25) is 0 Å². The normalized spacial score (nSPS) is 26.5. The second-order valence-electron chi connectivity index (χ2n) is 13.1. The minimum Gasteiger partial charge on any atom is -0.509 e. The molecule has 1 saturated carbocycles. The zero-order chi connectivity index (χ0) is 34.8. The van der Waals surface area contributed by atoms with Crippen molar-refractivity contribution >= 4 is 23.2 Å². The smallest absolute Gasteiger partial charge is 0.255 e. The van der Waals surface area contributed by atoms with Crippen LogP contribution in [0.25, 0.3) is 16.9 Å². The van der Waals surface area contributed by atoms with Gasteiger partial charge in [0, 0.05) is 13.1 Å². The predicted molar refractivity (Wildman–Crippen MR) is 177 cm³/mol. The molecule has 0 aromatic heterocycles. The number of hydrogen-bond donors (Lipinski definition) is 7. The van der Waals surface area contributed by atoms with E-state index in [9.17, 15) is 35.0 Å². The molecule has 0 unspecified atom stereocenters. The third kappa shape index (κ3) is 4.55. The number of ketones is 2. The number of Topliss-reactive ketones (excluding diaryl/α,β-unsaturated/α-hetero) is 2. The van der Waals surface area contributed by atoms with Gasteiger partial charge in [-0.15, -0.1) is 0 Å². The number of rotatable bonds is 7. The molecule has 0 aliphatic heterocycles. The number of carbonyl (C=O) groups excluding carboxylic acids is 3. The maximum Gasteiger partial charge on any atom is 0.255 e. The maximum atomic E-state index is 14.6. The van der Waals surface area contributed by atoms with Crippen LogP contribution < -0.4 is 22.5 Å². The van der Waals surface area contributed by atoms with Gasteiger partial charge in [-0.2, -0.15) is 5.26 Å². The molecule has 12 nitrogen and oxygen atoms in total. The van der Waals surface area contributed by atoms with Crippen LogP contribution in [0.3, 0.4) is 0 Å². The zero-order valence-corrected chi connectivity index (χ0v) is 26.4. The Morgan fingerprint density at radius 1 is 1.00 bits per heavy atom. The number of phenols is 1. The number of benzene rings is 3. The Hall–Kier alpha value is -5.32. The van der Waals surface area contributed by atoms with Crippen molar-refractivity contribution in [2.75, 3.05) is 14.1 Å². The fourth-order valence-corrected chi connectivity index (χ4v) is 7.90. The van der Waals surface area contributed by atoms with Crippen LogP contribution >= 0.6 is 0 Å². The molecule has 1 fully saturated rings. The average Bonchev–Trinajstić information content (AvgIpc) is 3.01. The van der Waals surface area contributed by atoms with E-state index in [0.717, 1.165) is 16.7 Å². The van der Waals surface area contributed by atoms with Crippen molar-refractivity contribution in [3.05, 3.63) is 106 Å². The number of aromatic hydroxyl groups is 1. The quantitative estimate of drug-likeness (QED) is 0.183. The molecule has 246 valence electrons. The van der Waals surface area contributed by atoms with Crippen molar-refractivity contribution in [3.8, 4) is 22.9 Å². The number of aliphatic hydroxyl groups excluding tert-OH is 2. The van der Waals surface area contributed by atoms with Crippen LogP contribution in [0.2, 0.25) is 0 Å². The molecule has 3 aliphatic rings. The summed E-state index contributed by atoms with van der Waals surface area (Å²) in [6, 6.07) is 21.1. The standard InChI is InChI=1S/C36H36N6O6/c1-42(2)30-29(45)26(33(38)48)31(46)35(18-37)32(47)27-28(44)25-23(14-34(27,39)17-36(30,35)40)22(11-12-24(25)43)21-10-6-9-20(13-21)16-41-15-19-7-4-3-5-8-19/h3-13,30,41,43-44,46H,14-17,39-40H2,1-2H3,(H2,38,48)/t30-,34-,35+,36-/m1/s1. The first-order valence-corrected chi connectivity index (χ1v) is 15.3. The van der Waals surface area contributed by atoms with E-state index in [1.54, 1.807) is 12.1 Å². The summed E-state index contributed by atoms with van der Waals surface area (Å²) in [4.78, 5) is 42.0. The second-order valence-corrected chi connectivity index (χ2v) is 13.1. The van der Waals surface area contributed by atoms with Gasteiger partial charge in [0.15, 0.2) is 17.0 Å². The fourth-order valence-electron chi connectivity index (χ4n) is 7.90. The third-order valence-electron chi connectivity index (χ3n) is 9.87. The molecule has 4 atom stereocenters. The summed E-state index contributed by atoms with van der Waals surface area (Å²) in [7, 11) is 2.95. The number of aliphatic hydroxyl groups is 2. The van der Waals surface area contributed by atoms with Gasteiger partial charge in [-0.05, 0) is 66.9 Å². The molecule has 0 saturated heterocycles. The monoisotopic (exact) mass is 648 g/mol. The summed E-state index contributed by atoms with van der Waals surface area (Å²) < 4.78 is 0. The molecule has 0 bridgehead atoms. The van der Waals surface area contributed by atoms with E-state index >= 15 is 0 Å². The van der Waals surface area contributed by atoms with Gasteiger partial charge in [0.1, 0.15) is 22.8 Å². The number of fused-ring (bicyclic) bond motifs is 3. The van der Waals surface area contributed by atoms with Crippen LogP contribution in [0.5, 0.6) is 5.75 Å². The van der Waals surface area contributed by atoms with E-state index in [4.69, 9.17) is 17.2 Å². The average molecular weight is 649 g/mol. The Bertz CT molecular complexity index is 2000. The highest BCUT2D eigenvalue weighted by molar-refractivity contribution is 6.25. The lowest BCUT2D eigenvalue weighted by molar-refractivity contribution is -0.139. The molecule has 3 aliphatic carbocycles. The van der Waals surface area contributed by atoms with Crippen LogP contribution in [0.1, 0.15) is 28.7 Å². The largest absolute Gasteiger partial charge is 0.509 e. The van der Waals surface area contributed by atoms with E-state index in [-0.39, 0.29) is 17.7 Å². The Labute approximate surface area is 276 Å². The lowest BCUT2D eigenvalue weighted by atomic mass is 9.47. The molecule has 48 heavy (non-hydrogen) atoms. The van der Waals surface area contributed by atoms with Crippen LogP contribution in [0, 0.1) is 16.7 Å². The Morgan fingerprint density at radius 2 is 1.67 bits per heavy atom. The predicted octanol–water partition coefficient (Wildman–Crippen LogP) is 1.86. The minimum atomic E-state index is -2.71. The van der Waals surface area contributed by atoms with Crippen LogP contribution in [-0.4, -0.2) is 68.9 Å². The highest BCUT2D eigenvalue weighted by Gasteiger charge is 2.74. The van der Waals surface area contributed by atoms with E-state index in [1.165, 1.54) is 25.1 Å². The van der Waals surface area contributed by atoms with E-state index in [2.05, 4.69) is 5.32 Å². The first kappa shape index (κ1) is 32.6. The molecule has 0 radical (unpaired) electrons. The SMILES string of the molecule is CN(C)[C@@H]1C(=O)C(C(N)=O)=C(O)[C@@]2(C#N)C(=O)C3=C(O)c4c(O)ccc(-c5cccc(CNCc6ccccc6)c5)c4C[C@@]3(N)C[C@@]12N. The highest BCUT2D eigenvalue weighted by atomic mass is 16.3. The van der Waals surface area contributed by atoms with Gasteiger partial charge in [-0.1, -0.05) is 54.6 Å². The fraction of sp³-hybridized carbons (Fsp3) is 0.278. The number of nitrogens with one attached hydrogen (secondary N) is 1. The topological polar surface area (TPSA) is 229 Å². The Balaban J connectivity index is 1.49. The zero-order valence-electron chi connectivity index (χ0n) is 26.4. The Morgan fingerprint density at radius 3 is 2.31 bits per heavy atom. The number of phenolic OH excluding ortho intramolecular Hbond substituents is 1. The molecule has 10 N–H and O–H groups in total. The number of amides is 1. The van der Waals surface area contributed by atoms with Crippen molar-refractivity contribution in [2.24, 2.45) is 22.6 Å². The van der Waals surface area contributed by atoms with Crippen molar-refractivity contribution in [1.29, 1.82) is 5.26 Å². The number of nitriles is 1. The highest BCUT2D eigenvalue weighted by Crippen LogP contribution is 2.58. The number of primary amides is 1. The number of nitrogens with zero attached hydrogens (tertiary/aromatic N) is 2. The molecule has 1 amide bonds. The third-order valence-corrected chi connectivity index (χ3v) is 9.87. The number of likely N-dealkylation sites (N-methyl/N-ethyl adjacent to an activating group) is 1. The first-order valence-electron chi connectivity index (χ1n) is 15.3. The van der Waals surface area contributed by atoms with Crippen LogP contribution in [0.4, 0.5) is 0 Å². The molecule has 0 spiro atoms. The molecule has 6 rings (SSSR count). The summed E-state index contributed by atoms with van der Waals surface area (Å²) in [6.07, 6.45) is -0.572. The molecular weight excluding hydrogens is 612 g/mol. The van der Waals surface area contributed by atoms with Crippen LogP contribution in [0.15, 0.2) is 83.6 Å². The van der Waals surface area contributed by atoms with Gasteiger partial charge in [-0.25, -0.2) is 0 Å². The van der Waals surface area contributed by atoms with Crippen molar-refractivity contribution in [3.63, 3.8) is 0 Å². The first-order chi connectivity index (χ1) is 22.7. The molecule has 3 aromatic rings. The van der Waals surface area contributed by atoms with Crippen molar-refractivity contribution in [1.82, 2.24) is 10.2 Å². The van der Waals surface area contributed by atoms with Gasteiger partial charge >= 0.3 is 0 Å². The van der Waals surface area contributed by atoms with Gasteiger partial charge < -0.3 is 37.8 Å². The summed E-state index contributed by atoms with van der Waals surface area (Å²) >= 11 is 0. The summed E-state index contributed by atoms with van der Waals surface area (Å²) in [5, 5.41) is 48.2. The number of nitrogens with two attached hydrogens (primary N) is 3. The summed E-state index contributed by atoms with van der Waals surface area (Å²) in [6.45, 7) is 1.22.